The van der Waals surface area contributed by atoms with E-state index in [2.05, 4.69) is 20.5 Å². The summed E-state index contributed by atoms with van der Waals surface area (Å²) < 4.78 is 5.64. The molecule has 0 atom stereocenters. The van der Waals surface area contributed by atoms with E-state index in [1.807, 2.05) is 56.0 Å². The number of aromatic nitrogens is 2. The summed E-state index contributed by atoms with van der Waals surface area (Å²) in [7, 11) is 0. The highest BCUT2D eigenvalue weighted by atomic mass is 16.5. The van der Waals surface area contributed by atoms with Crippen molar-refractivity contribution >= 4 is 17.6 Å². The lowest BCUT2D eigenvalue weighted by atomic mass is 10.1. The minimum atomic E-state index is 0.0548. The third-order valence-corrected chi connectivity index (χ3v) is 4.65. The lowest BCUT2D eigenvalue weighted by Crippen LogP contribution is -2.38. The second kappa shape index (κ2) is 9.30. The van der Waals surface area contributed by atoms with Gasteiger partial charge in [-0.15, -0.1) is 0 Å². The zero-order valence-electron chi connectivity index (χ0n) is 16.7. The maximum absolute atomic E-state index is 12.2. The van der Waals surface area contributed by atoms with Crippen LogP contribution in [0.4, 0.5) is 5.95 Å². The molecule has 0 bridgehead atoms. The first-order chi connectivity index (χ1) is 13.5. The highest BCUT2D eigenvalue weighted by molar-refractivity contribution is 5.99. The molecule has 3 rings (SSSR count). The topological polar surface area (TPSA) is 79.7 Å². The van der Waals surface area contributed by atoms with Gasteiger partial charge >= 0.3 is 0 Å². The molecule has 0 unspecified atom stereocenters. The number of benzene rings is 1. The van der Waals surface area contributed by atoms with Crippen LogP contribution in [0.2, 0.25) is 0 Å². The SMILES string of the molecule is C/C(=N/Nc1nc(C)cc(C)n1)c1ccc(OCC(=O)N2CCCCC2)cc1. The predicted molar refractivity (Wildman–Crippen MR) is 110 cm³/mol. The average Bonchev–Trinajstić information content (AvgIpc) is 2.70. The van der Waals surface area contributed by atoms with E-state index in [1.165, 1.54) is 6.42 Å². The lowest BCUT2D eigenvalue weighted by Gasteiger charge is -2.26. The number of hydrogen-bond donors (Lipinski definition) is 1. The monoisotopic (exact) mass is 381 g/mol. The number of likely N-dealkylation sites (tertiary alicyclic amines) is 1. The maximum Gasteiger partial charge on any atom is 0.260 e. The van der Waals surface area contributed by atoms with Crippen LogP contribution in [0.5, 0.6) is 5.75 Å². The molecule has 1 saturated heterocycles. The first-order valence-corrected chi connectivity index (χ1v) is 9.65. The zero-order chi connectivity index (χ0) is 19.9. The van der Waals surface area contributed by atoms with E-state index in [0.717, 1.165) is 48.6 Å². The van der Waals surface area contributed by atoms with Gasteiger partial charge in [0, 0.05) is 24.5 Å². The van der Waals surface area contributed by atoms with Gasteiger partial charge in [-0.05, 0) is 75.9 Å². The number of piperidine rings is 1. The molecule has 1 aliphatic heterocycles. The summed E-state index contributed by atoms with van der Waals surface area (Å²) in [5.41, 5.74) is 6.44. The van der Waals surface area contributed by atoms with Crippen LogP contribution in [0.1, 0.15) is 43.1 Å². The molecule has 1 aliphatic rings. The number of amides is 1. The first-order valence-electron chi connectivity index (χ1n) is 9.65. The van der Waals surface area contributed by atoms with E-state index in [1.54, 1.807) is 0 Å². The third-order valence-electron chi connectivity index (χ3n) is 4.65. The number of hydrazone groups is 1. The van der Waals surface area contributed by atoms with Crippen molar-refractivity contribution in [1.82, 2.24) is 14.9 Å². The Balaban J connectivity index is 1.54. The van der Waals surface area contributed by atoms with Gasteiger partial charge in [0.25, 0.3) is 5.91 Å². The first kappa shape index (κ1) is 19.8. The number of anilines is 1. The second-order valence-electron chi connectivity index (χ2n) is 7.04. The number of rotatable bonds is 6. The molecule has 0 saturated carbocycles. The summed E-state index contributed by atoms with van der Waals surface area (Å²) in [6.07, 6.45) is 3.37. The Morgan fingerprint density at radius 2 is 1.75 bits per heavy atom. The fourth-order valence-corrected chi connectivity index (χ4v) is 3.15. The van der Waals surface area contributed by atoms with Crippen molar-refractivity contribution in [3.8, 4) is 5.75 Å². The Hall–Kier alpha value is -2.96. The molecule has 2 aromatic rings. The van der Waals surface area contributed by atoms with Gasteiger partial charge in [0.2, 0.25) is 5.95 Å². The van der Waals surface area contributed by atoms with E-state index in [-0.39, 0.29) is 12.5 Å². The van der Waals surface area contributed by atoms with E-state index < -0.39 is 0 Å². The number of ether oxygens (including phenoxy) is 1. The number of hydrogen-bond acceptors (Lipinski definition) is 6. The summed E-state index contributed by atoms with van der Waals surface area (Å²) in [5, 5.41) is 4.35. The van der Waals surface area contributed by atoms with Gasteiger partial charge in [-0.25, -0.2) is 15.4 Å². The van der Waals surface area contributed by atoms with Crippen LogP contribution in [0.3, 0.4) is 0 Å². The summed E-state index contributed by atoms with van der Waals surface area (Å²) in [5.74, 6) is 1.21. The average molecular weight is 381 g/mol. The minimum absolute atomic E-state index is 0.0548. The van der Waals surface area contributed by atoms with Crippen LogP contribution < -0.4 is 10.2 Å². The highest BCUT2D eigenvalue weighted by Crippen LogP contribution is 2.14. The lowest BCUT2D eigenvalue weighted by molar-refractivity contribution is -0.134. The molecule has 148 valence electrons. The summed E-state index contributed by atoms with van der Waals surface area (Å²) >= 11 is 0. The number of aryl methyl sites for hydroxylation is 2. The van der Waals surface area contributed by atoms with Crippen molar-refractivity contribution < 1.29 is 9.53 Å². The molecule has 2 heterocycles. The fourth-order valence-electron chi connectivity index (χ4n) is 3.15. The molecule has 1 aromatic carbocycles. The molecule has 0 radical (unpaired) electrons. The van der Waals surface area contributed by atoms with Gasteiger partial charge in [-0.1, -0.05) is 0 Å². The van der Waals surface area contributed by atoms with Crippen molar-refractivity contribution in [2.45, 2.75) is 40.0 Å². The largest absolute Gasteiger partial charge is 0.484 e. The fraction of sp³-hybridized carbons (Fsp3) is 0.429. The Morgan fingerprint density at radius 3 is 2.39 bits per heavy atom. The number of carbonyl (C=O) groups is 1. The Morgan fingerprint density at radius 1 is 1.11 bits per heavy atom. The maximum atomic E-state index is 12.2. The van der Waals surface area contributed by atoms with Crippen LogP contribution in [0.15, 0.2) is 35.4 Å². The molecule has 1 N–H and O–H groups in total. The zero-order valence-corrected chi connectivity index (χ0v) is 16.7. The van der Waals surface area contributed by atoms with Crippen LogP contribution in [0, 0.1) is 13.8 Å². The number of nitrogens with one attached hydrogen (secondary N) is 1. The molecular weight excluding hydrogens is 354 g/mol. The van der Waals surface area contributed by atoms with Crippen molar-refractivity contribution in [3.63, 3.8) is 0 Å². The van der Waals surface area contributed by atoms with Crippen LogP contribution in [-0.2, 0) is 4.79 Å². The summed E-state index contributed by atoms with van der Waals surface area (Å²) in [6, 6.07) is 9.46. The molecule has 7 heteroatoms. The normalized spacial score (nSPS) is 14.7. The highest BCUT2D eigenvalue weighted by Gasteiger charge is 2.16. The van der Waals surface area contributed by atoms with E-state index >= 15 is 0 Å². The summed E-state index contributed by atoms with van der Waals surface area (Å²) in [4.78, 5) is 22.7. The molecule has 28 heavy (non-hydrogen) atoms. The van der Waals surface area contributed by atoms with Crippen molar-refractivity contribution in [2.75, 3.05) is 25.1 Å². The van der Waals surface area contributed by atoms with Crippen LogP contribution in [-0.4, -0.2) is 46.2 Å². The molecular formula is C21H27N5O2. The molecule has 1 fully saturated rings. The standard InChI is InChI=1S/C21H27N5O2/c1-15-13-16(2)23-21(22-15)25-24-17(3)18-7-9-19(10-8-18)28-14-20(27)26-11-5-4-6-12-26/h7-10,13H,4-6,11-12,14H2,1-3H3,(H,22,23,25)/b24-17-. The Labute approximate surface area is 165 Å². The van der Waals surface area contributed by atoms with E-state index in [9.17, 15) is 4.79 Å². The number of carbonyl (C=O) groups excluding carboxylic acids is 1. The van der Waals surface area contributed by atoms with Gasteiger partial charge in [-0.3, -0.25) is 4.79 Å². The van der Waals surface area contributed by atoms with Crippen molar-refractivity contribution in [2.24, 2.45) is 5.10 Å². The van der Waals surface area contributed by atoms with Gasteiger partial charge in [0.1, 0.15) is 5.75 Å². The predicted octanol–water partition coefficient (Wildman–Crippen LogP) is 3.32. The smallest absolute Gasteiger partial charge is 0.260 e. The molecule has 1 amide bonds. The molecule has 1 aromatic heterocycles. The molecule has 0 spiro atoms. The Bertz CT molecular complexity index is 822. The van der Waals surface area contributed by atoms with Gasteiger partial charge in [0.15, 0.2) is 6.61 Å². The third kappa shape index (κ3) is 5.52. The second-order valence-corrected chi connectivity index (χ2v) is 7.04. The van der Waals surface area contributed by atoms with Crippen molar-refractivity contribution in [3.05, 3.63) is 47.3 Å². The quantitative estimate of drug-likeness (QED) is 0.613. The molecule has 0 aliphatic carbocycles. The van der Waals surface area contributed by atoms with E-state index in [4.69, 9.17) is 4.74 Å². The Kier molecular flexibility index (Phi) is 6.57. The molecule has 7 nitrogen and oxygen atoms in total. The van der Waals surface area contributed by atoms with Crippen LogP contribution >= 0.6 is 0 Å². The minimum Gasteiger partial charge on any atom is -0.484 e. The van der Waals surface area contributed by atoms with E-state index in [0.29, 0.717) is 11.7 Å². The van der Waals surface area contributed by atoms with Gasteiger partial charge in [-0.2, -0.15) is 5.10 Å². The summed E-state index contributed by atoms with van der Waals surface area (Å²) in [6.45, 7) is 7.52. The van der Waals surface area contributed by atoms with Gasteiger partial charge < -0.3 is 9.64 Å². The van der Waals surface area contributed by atoms with Crippen molar-refractivity contribution in [1.29, 1.82) is 0 Å². The van der Waals surface area contributed by atoms with Gasteiger partial charge in [0.05, 0.1) is 5.71 Å². The number of nitrogens with zero attached hydrogens (tertiary/aromatic N) is 4. The van der Waals surface area contributed by atoms with Crippen LogP contribution in [0.25, 0.3) is 0 Å².